The summed E-state index contributed by atoms with van der Waals surface area (Å²) in [6, 6.07) is 7.73. The second kappa shape index (κ2) is 5.48. The van der Waals surface area contributed by atoms with Crippen LogP contribution in [-0.4, -0.2) is 10.1 Å². The van der Waals surface area contributed by atoms with Crippen molar-refractivity contribution in [2.24, 2.45) is 0 Å². The zero-order chi connectivity index (χ0) is 12.1. The van der Waals surface area contributed by atoms with Gasteiger partial charge in [0.05, 0.1) is 6.42 Å². The number of aryl methyl sites for hydroxylation is 1. The smallest absolute Gasteiger partial charge is 0.231 e. The number of aromatic nitrogens is 2. The molecule has 1 aromatic carbocycles. The van der Waals surface area contributed by atoms with Crippen LogP contribution >= 0.6 is 0 Å². The quantitative estimate of drug-likeness (QED) is 0.803. The lowest BCUT2D eigenvalue weighted by Crippen LogP contribution is -1.92. The molecule has 0 saturated carbocycles. The predicted octanol–water partition coefficient (Wildman–Crippen LogP) is 2.59. The fourth-order valence-electron chi connectivity index (χ4n) is 1.68. The monoisotopic (exact) mass is 231 g/mol. The van der Waals surface area contributed by atoms with E-state index in [1.54, 1.807) is 0 Å². The number of nitrogens with two attached hydrogens (primary N) is 1. The molecule has 0 spiro atoms. The Morgan fingerprint density at radius 1 is 1.35 bits per heavy atom. The Bertz CT molecular complexity index is 479. The first kappa shape index (κ1) is 11.6. The maximum Gasteiger partial charge on any atom is 0.231 e. The zero-order valence-corrected chi connectivity index (χ0v) is 10.0. The lowest BCUT2D eigenvalue weighted by Gasteiger charge is -1.97. The van der Waals surface area contributed by atoms with Crippen LogP contribution in [0.25, 0.3) is 0 Å². The van der Waals surface area contributed by atoms with Gasteiger partial charge < -0.3 is 10.3 Å². The maximum atomic E-state index is 5.72. The van der Waals surface area contributed by atoms with Crippen LogP contribution in [0.4, 0.5) is 5.69 Å². The molecular formula is C13H17N3O. The number of hydrogen-bond donors (Lipinski definition) is 1. The summed E-state index contributed by atoms with van der Waals surface area (Å²) in [5.41, 5.74) is 7.57. The summed E-state index contributed by atoms with van der Waals surface area (Å²) in [6.45, 7) is 2.15. The van der Waals surface area contributed by atoms with Gasteiger partial charge in [-0.2, -0.15) is 4.98 Å². The first-order chi connectivity index (χ1) is 8.28. The van der Waals surface area contributed by atoms with Gasteiger partial charge in [-0.1, -0.05) is 30.6 Å². The van der Waals surface area contributed by atoms with Crippen molar-refractivity contribution in [2.75, 3.05) is 5.73 Å². The third kappa shape index (κ3) is 3.31. The molecule has 0 aliphatic rings. The molecule has 0 atom stereocenters. The van der Waals surface area contributed by atoms with E-state index >= 15 is 0 Å². The summed E-state index contributed by atoms with van der Waals surface area (Å²) in [6.07, 6.45) is 3.76. The molecule has 0 saturated heterocycles. The van der Waals surface area contributed by atoms with Gasteiger partial charge >= 0.3 is 0 Å². The van der Waals surface area contributed by atoms with Crippen LogP contribution in [0.1, 0.15) is 37.0 Å². The van der Waals surface area contributed by atoms with Gasteiger partial charge in [-0.15, -0.1) is 0 Å². The number of anilines is 1. The Hall–Kier alpha value is -1.84. The van der Waals surface area contributed by atoms with Crippen molar-refractivity contribution >= 4 is 5.69 Å². The van der Waals surface area contributed by atoms with Gasteiger partial charge in [0, 0.05) is 12.1 Å². The Kier molecular flexibility index (Phi) is 3.75. The summed E-state index contributed by atoms with van der Waals surface area (Å²) < 4.78 is 5.20. The van der Waals surface area contributed by atoms with Crippen LogP contribution in [-0.2, 0) is 12.8 Å². The number of nitrogens with zero attached hydrogens (tertiary/aromatic N) is 2. The molecule has 1 aromatic heterocycles. The highest BCUT2D eigenvalue weighted by Crippen LogP contribution is 2.11. The van der Waals surface area contributed by atoms with Crippen molar-refractivity contribution in [1.82, 2.24) is 10.1 Å². The van der Waals surface area contributed by atoms with Crippen molar-refractivity contribution in [3.8, 4) is 0 Å². The van der Waals surface area contributed by atoms with E-state index in [0.717, 1.165) is 36.3 Å². The fraction of sp³-hybridized carbons (Fsp3) is 0.385. The summed E-state index contributed by atoms with van der Waals surface area (Å²) in [5.74, 6) is 1.45. The average Bonchev–Trinajstić information content (AvgIpc) is 2.74. The molecule has 0 aliphatic carbocycles. The molecule has 0 radical (unpaired) electrons. The number of hydrogen-bond acceptors (Lipinski definition) is 4. The minimum atomic E-state index is 0.643. The van der Waals surface area contributed by atoms with Gasteiger partial charge in [-0.3, -0.25) is 0 Å². The molecule has 4 heteroatoms. The molecule has 0 aliphatic heterocycles. The normalized spacial score (nSPS) is 10.6. The van der Waals surface area contributed by atoms with Crippen LogP contribution in [0.2, 0.25) is 0 Å². The molecule has 1 heterocycles. The van der Waals surface area contributed by atoms with E-state index in [1.807, 2.05) is 24.3 Å². The fourth-order valence-corrected chi connectivity index (χ4v) is 1.68. The summed E-state index contributed by atoms with van der Waals surface area (Å²) in [4.78, 5) is 4.35. The second-order valence-corrected chi connectivity index (χ2v) is 4.13. The summed E-state index contributed by atoms with van der Waals surface area (Å²) in [5, 5.41) is 3.95. The Labute approximate surface area is 101 Å². The van der Waals surface area contributed by atoms with Crippen LogP contribution in [0.5, 0.6) is 0 Å². The molecule has 90 valence electrons. The van der Waals surface area contributed by atoms with E-state index in [1.165, 1.54) is 0 Å². The van der Waals surface area contributed by atoms with Crippen LogP contribution in [0.3, 0.4) is 0 Å². The molecule has 0 unspecified atom stereocenters. The molecule has 2 N–H and O–H groups in total. The second-order valence-electron chi connectivity index (χ2n) is 4.13. The van der Waals surface area contributed by atoms with Crippen LogP contribution in [0, 0.1) is 0 Å². The Morgan fingerprint density at radius 2 is 2.24 bits per heavy atom. The van der Waals surface area contributed by atoms with Gasteiger partial charge in [0.25, 0.3) is 0 Å². The first-order valence-corrected chi connectivity index (χ1v) is 5.94. The Balaban J connectivity index is 2.01. The highest BCUT2D eigenvalue weighted by atomic mass is 16.5. The topological polar surface area (TPSA) is 64.9 Å². The average molecular weight is 231 g/mol. The third-order valence-electron chi connectivity index (χ3n) is 2.57. The number of nitrogen functional groups attached to an aromatic ring is 1. The van der Waals surface area contributed by atoms with E-state index in [9.17, 15) is 0 Å². The number of benzene rings is 1. The molecule has 0 bridgehead atoms. The van der Waals surface area contributed by atoms with E-state index in [0.29, 0.717) is 12.3 Å². The standard InChI is InChI=1S/C13H17N3O/c1-2-3-7-12-15-13(17-16-12)9-10-5-4-6-11(14)8-10/h4-6,8H,2-3,7,9,14H2,1H3. The van der Waals surface area contributed by atoms with Gasteiger partial charge in [0.15, 0.2) is 5.82 Å². The van der Waals surface area contributed by atoms with Crippen molar-refractivity contribution in [2.45, 2.75) is 32.6 Å². The molecule has 2 rings (SSSR count). The van der Waals surface area contributed by atoms with E-state index in [2.05, 4.69) is 17.1 Å². The van der Waals surface area contributed by atoms with E-state index in [4.69, 9.17) is 10.3 Å². The van der Waals surface area contributed by atoms with Gasteiger partial charge in [-0.05, 0) is 24.1 Å². The zero-order valence-electron chi connectivity index (χ0n) is 10.0. The van der Waals surface area contributed by atoms with Gasteiger partial charge in [-0.25, -0.2) is 0 Å². The Morgan fingerprint density at radius 3 is 3.00 bits per heavy atom. The van der Waals surface area contributed by atoms with Crippen molar-refractivity contribution in [1.29, 1.82) is 0 Å². The molecule has 17 heavy (non-hydrogen) atoms. The first-order valence-electron chi connectivity index (χ1n) is 5.94. The molecule has 0 fully saturated rings. The SMILES string of the molecule is CCCCc1noc(Cc2cccc(N)c2)n1. The summed E-state index contributed by atoms with van der Waals surface area (Å²) >= 11 is 0. The third-order valence-corrected chi connectivity index (χ3v) is 2.57. The van der Waals surface area contributed by atoms with E-state index < -0.39 is 0 Å². The maximum absolute atomic E-state index is 5.72. The minimum absolute atomic E-state index is 0.643. The predicted molar refractivity (Wildman–Crippen MR) is 66.6 cm³/mol. The highest BCUT2D eigenvalue weighted by Gasteiger charge is 2.06. The minimum Gasteiger partial charge on any atom is -0.399 e. The van der Waals surface area contributed by atoms with E-state index in [-0.39, 0.29) is 0 Å². The van der Waals surface area contributed by atoms with Crippen molar-refractivity contribution in [3.05, 3.63) is 41.5 Å². The largest absolute Gasteiger partial charge is 0.399 e. The number of rotatable bonds is 5. The molecule has 2 aromatic rings. The molecular weight excluding hydrogens is 214 g/mol. The van der Waals surface area contributed by atoms with Gasteiger partial charge in [0.2, 0.25) is 5.89 Å². The summed E-state index contributed by atoms with van der Waals surface area (Å²) in [7, 11) is 0. The van der Waals surface area contributed by atoms with Crippen LogP contribution < -0.4 is 5.73 Å². The lowest BCUT2D eigenvalue weighted by atomic mass is 10.1. The van der Waals surface area contributed by atoms with Crippen molar-refractivity contribution in [3.63, 3.8) is 0 Å². The highest BCUT2D eigenvalue weighted by molar-refractivity contribution is 5.41. The van der Waals surface area contributed by atoms with Crippen molar-refractivity contribution < 1.29 is 4.52 Å². The number of unbranched alkanes of at least 4 members (excludes halogenated alkanes) is 1. The lowest BCUT2D eigenvalue weighted by molar-refractivity contribution is 0.379. The molecule has 0 amide bonds. The van der Waals surface area contributed by atoms with Crippen LogP contribution in [0.15, 0.2) is 28.8 Å². The molecule has 4 nitrogen and oxygen atoms in total. The van der Waals surface area contributed by atoms with Gasteiger partial charge in [0.1, 0.15) is 0 Å².